The third kappa shape index (κ3) is 2.63. The van der Waals surface area contributed by atoms with Crippen LogP contribution >= 0.6 is 0 Å². The predicted octanol–water partition coefficient (Wildman–Crippen LogP) is 2.63. The van der Waals surface area contributed by atoms with Gasteiger partial charge in [-0.25, -0.2) is 0 Å². The van der Waals surface area contributed by atoms with Crippen LogP contribution in [0.4, 0.5) is 0 Å². The molecular weight excluding hydrogens is 198 g/mol. The van der Waals surface area contributed by atoms with E-state index in [2.05, 4.69) is 6.92 Å². The van der Waals surface area contributed by atoms with E-state index in [9.17, 15) is 4.79 Å². The van der Waals surface area contributed by atoms with Crippen molar-refractivity contribution in [2.75, 3.05) is 6.54 Å². The molecule has 0 N–H and O–H groups in total. The maximum atomic E-state index is 12.1. The average Bonchev–Trinajstić information content (AvgIpc) is 2.31. The van der Waals surface area contributed by atoms with E-state index in [0.29, 0.717) is 12.5 Å². The molecule has 1 heterocycles. The highest BCUT2D eigenvalue weighted by atomic mass is 16.2. The molecule has 0 radical (unpaired) electrons. The molecular formula is C14H19NO. The number of rotatable bonds is 2. The van der Waals surface area contributed by atoms with Gasteiger partial charge in [-0.3, -0.25) is 4.79 Å². The molecule has 1 aliphatic rings. The van der Waals surface area contributed by atoms with Gasteiger partial charge in [0.2, 0.25) is 5.91 Å². The van der Waals surface area contributed by atoms with Gasteiger partial charge in [0, 0.05) is 12.6 Å². The van der Waals surface area contributed by atoms with Gasteiger partial charge in [-0.2, -0.15) is 0 Å². The first-order valence-corrected chi connectivity index (χ1v) is 6.11. The van der Waals surface area contributed by atoms with Crippen molar-refractivity contribution in [3.63, 3.8) is 0 Å². The molecule has 1 amide bonds. The predicted molar refractivity (Wildman–Crippen MR) is 65.2 cm³/mol. The summed E-state index contributed by atoms with van der Waals surface area (Å²) in [6, 6.07) is 10.4. The summed E-state index contributed by atoms with van der Waals surface area (Å²) in [7, 11) is 0. The largest absolute Gasteiger partial charge is 0.340 e. The van der Waals surface area contributed by atoms with Crippen LogP contribution in [0, 0.1) is 0 Å². The van der Waals surface area contributed by atoms with Crippen LogP contribution in [-0.4, -0.2) is 23.4 Å². The molecule has 2 heteroatoms. The lowest BCUT2D eigenvalue weighted by molar-refractivity contribution is -0.133. The van der Waals surface area contributed by atoms with Crippen LogP contribution < -0.4 is 0 Å². The van der Waals surface area contributed by atoms with Crippen molar-refractivity contribution < 1.29 is 4.79 Å². The van der Waals surface area contributed by atoms with Gasteiger partial charge in [0.15, 0.2) is 0 Å². The van der Waals surface area contributed by atoms with Gasteiger partial charge < -0.3 is 4.90 Å². The minimum Gasteiger partial charge on any atom is -0.340 e. The molecule has 2 nitrogen and oxygen atoms in total. The molecule has 1 saturated heterocycles. The van der Waals surface area contributed by atoms with Crippen LogP contribution in [0.3, 0.4) is 0 Å². The molecule has 16 heavy (non-hydrogen) atoms. The first-order valence-electron chi connectivity index (χ1n) is 6.11. The Morgan fingerprint density at radius 3 is 2.75 bits per heavy atom. The molecule has 1 aromatic rings. The number of likely N-dealkylation sites (tertiary alicyclic amines) is 1. The minimum absolute atomic E-state index is 0.276. The van der Waals surface area contributed by atoms with Gasteiger partial charge in [0.25, 0.3) is 0 Å². The first-order chi connectivity index (χ1) is 7.77. The van der Waals surface area contributed by atoms with Crippen molar-refractivity contribution in [2.45, 2.75) is 38.6 Å². The van der Waals surface area contributed by atoms with E-state index < -0.39 is 0 Å². The lowest BCUT2D eigenvalue weighted by atomic mass is 10.0. The van der Waals surface area contributed by atoms with E-state index in [1.165, 1.54) is 6.42 Å². The van der Waals surface area contributed by atoms with Crippen molar-refractivity contribution in [3.05, 3.63) is 35.9 Å². The summed E-state index contributed by atoms with van der Waals surface area (Å²) in [6.45, 7) is 3.09. The summed E-state index contributed by atoms with van der Waals surface area (Å²) in [5, 5.41) is 0. The average molecular weight is 217 g/mol. The summed E-state index contributed by atoms with van der Waals surface area (Å²) >= 11 is 0. The number of carbonyl (C=O) groups excluding carboxylic acids is 1. The number of hydrogen-bond donors (Lipinski definition) is 0. The maximum absolute atomic E-state index is 12.1. The van der Waals surface area contributed by atoms with Crippen molar-refractivity contribution in [1.29, 1.82) is 0 Å². The second-order valence-electron chi connectivity index (χ2n) is 4.59. The Kier molecular flexibility index (Phi) is 3.60. The SMILES string of the molecule is C[C@@H]1CCCCN1C(=O)Cc1ccccc1. The highest BCUT2D eigenvalue weighted by molar-refractivity contribution is 5.79. The molecule has 1 aliphatic heterocycles. The molecule has 86 valence electrons. The molecule has 0 aliphatic carbocycles. The Bertz CT molecular complexity index is 347. The van der Waals surface area contributed by atoms with Gasteiger partial charge in [-0.15, -0.1) is 0 Å². The molecule has 0 unspecified atom stereocenters. The van der Waals surface area contributed by atoms with Crippen LogP contribution in [0.15, 0.2) is 30.3 Å². The molecule has 0 saturated carbocycles. The second kappa shape index (κ2) is 5.15. The summed E-state index contributed by atoms with van der Waals surface area (Å²) in [5.41, 5.74) is 1.12. The van der Waals surface area contributed by atoms with Gasteiger partial charge in [0.1, 0.15) is 0 Å². The summed E-state index contributed by atoms with van der Waals surface area (Å²) in [5.74, 6) is 0.276. The van der Waals surface area contributed by atoms with Crippen molar-refractivity contribution in [1.82, 2.24) is 4.90 Å². The van der Waals surface area contributed by atoms with Gasteiger partial charge in [-0.05, 0) is 31.7 Å². The number of carbonyl (C=O) groups is 1. The fourth-order valence-electron chi connectivity index (χ4n) is 2.34. The Balaban J connectivity index is 1.97. The number of amides is 1. The quantitative estimate of drug-likeness (QED) is 0.745. The molecule has 1 fully saturated rings. The molecule has 0 spiro atoms. The summed E-state index contributed by atoms with van der Waals surface area (Å²) in [6.07, 6.45) is 4.12. The van der Waals surface area contributed by atoms with E-state index in [4.69, 9.17) is 0 Å². The van der Waals surface area contributed by atoms with E-state index in [1.54, 1.807) is 0 Å². The van der Waals surface area contributed by atoms with Gasteiger partial charge in [-0.1, -0.05) is 30.3 Å². The van der Waals surface area contributed by atoms with Crippen LogP contribution in [0.1, 0.15) is 31.7 Å². The van der Waals surface area contributed by atoms with E-state index >= 15 is 0 Å². The first kappa shape index (κ1) is 11.2. The highest BCUT2D eigenvalue weighted by Gasteiger charge is 2.22. The third-order valence-corrected chi connectivity index (χ3v) is 3.32. The molecule has 0 aromatic heterocycles. The van der Waals surface area contributed by atoms with E-state index in [-0.39, 0.29) is 5.91 Å². The van der Waals surface area contributed by atoms with Gasteiger partial charge >= 0.3 is 0 Å². The Morgan fingerprint density at radius 2 is 2.06 bits per heavy atom. The molecule has 1 atom stereocenters. The van der Waals surface area contributed by atoms with Crippen LogP contribution in [0.5, 0.6) is 0 Å². The molecule has 2 rings (SSSR count). The summed E-state index contributed by atoms with van der Waals surface area (Å²) < 4.78 is 0. The van der Waals surface area contributed by atoms with E-state index in [0.717, 1.165) is 24.9 Å². The fourth-order valence-corrected chi connectivity index (χ4v) is 2.34. The van der Waals surface area contributed by atoms with Crippen molar-refractivity contribution in [3.8, 4) is 0 Å². The Hall–Kier alpha value is -1.31. The second-order valence-corrected chi connectivity index (χ2v) is 4.59. The van der Waals surface area contributed by atoms with Crippen LogP contribution in [0.2, 0.25) is 0 Å². The van der Waals surface area contributed by atoms with Crippen molar-refractivity contribution >= 4 is 5.91 Å². The normalized spacial score (nSPS) is 20.8. The third-order valence-electron chi connectivity index (χ3n) is 3.32. The highest BCUT2D eigenvalue weighted by Crippen LogP contribution is 2.17. The molecule has 0 bridgehead atoms. The zero-order chi connectivity index (χ0) is 11.4. The Morgan fingerprint density at radius 1 is 1.31 bits per heavy atom. The number of nitrogens with zero attached hydrogens (tertiary/aromatic N) is 1. The summed E-state index contributed by atoms with van der Waals surface area (Å²) in [4.78, 5) is 14.1. The van der Waals surface area contributed by atoms with E-state index in [1.807, 2.05) is 35.2 Å². The lowest BCUT2D eigenvalue weighted by Gasteiger charge is -2.33. The maximum Gasteiger partial charge on any atom is 0.227 e. The Labute approximate surface area is 97.3 Å². The standard InChI is InChI=1S/C14H19NO/c1-12-7-5-6-10-15(12)14(16)11-13-8-3-2-4-9-13/h2-4,8-9,12H,5-7,10-11H2,1H3/t12-/m1/s1. The van der Waals surface area contributed by atoms with Crippen LogP contribution in [-0.2, 0) is 11.2 Å². The number of hydrogen-bond acceptors (Lipinski definition) is 1. The molecule has 1 aromatic carbocycles. The zero-order valence-electron chi connectivity index (χ0n) is 9.86. The topological polar surface area (TPSA) is 20.3 Å². The fraction of sp³-hybridized carbons (Fsp3) is 0.500. The minimum atomic E-state index is 0.276. The van der Waals surface area contributed by atoms with Gasteiger partial charge in [0.05, 0.1) is 6.42 Å². The monoisotopic (exact) mass is 217 g/mol. The smallest absolute Gasteiger partial charge is 0.227 e. The van der Waals surface area contributed by atoms with Crippen LogP contribution in [0.25, 0.3) is 0 Å². The zero-order valence-corrected chi connectivity index (χ0v) is 9.86. The lowest BCUT2D eigenvalue weighted by Crippen LogP contribution is -2.42. The van der Waals surface area contributed by atoms with Crippen molar-refractivity contribution in [2.24, 2.45) is 0 Å². The number of benzene rings is 1. The number of piperidine rings is 1.